The second-order valence-electron chi connectivity index (χ2n) is 1.06. The number of hydrogen-bond acceptors (Lipinski definition) is 5. The summed E-state index contributed by atoms with van der Waals surface area (Å²) in [5.41, 5.74) is 0. The Kier molecular flexibility index (Phi) is 3.38. The summed E-state index contributed by atoms with van der Waals surface area (Å²) in [7, 11) is -3.56. The van der Waals surface area contributed by atoms with Crippen LogP contribution in [0.15, 0.2) is 0 Å². The molecule has 0 aromatic heterocycles. The Morgan fingerprint density at radius 2 is 2.12 bits per heavy atom. The maximum Gasteiger partial charge on any atom is 0.280 e. The molecule has 0 aliphatic heterocycles. The van der Waals surface area contributed by atoms with Crippen molar-refractivity contribution in [1.82, 2.24) is 0 Å². The standard InChI is InChI=1S/C2H6O4S2/c3-1-2-8(4,5)6-7/h3,7H,1-2H2. The van der Waals surface area contributed by atoms with E-state index in [2.05, 4.69) is 16.5 Å². The summed E-state index contributed by atoms with van der Waals surface area (Å²) in [5.74, 6) is -0.406. The minimum atomic E-state index is -3.56. The molecule has 6 heteroatoms. The van der Waals surface area contributed by atoms with E-state index in [1.54, 1.807) is 0 Å². The van der Waals surface area contributed by atoms with Crippen molar-refractivity contribution in [3.63, 3.8) is 0 Å². The minimum Gasteiger partial charge on any atom is -0.395 e. The third-order valence-corrected chi connectivity index (χ3v) is 2.05. The Balaban J connectivity index is 3.76. The lowest BCUT2D eigenvalue weighted by Crippen LogP contribution is -2.08. The maximum absolute atomic E-state index is 10.1. The molecule has 0 rings (SSSR count). The van der Waals surface area contributed by atoms with Gasteiger partial charge in [-0.1, -0.05) is 0 Å². The van der Waals surface area contributed by atoms with Crippen molar-refractivity contribution in [2.24, 2.45) is 0 Å². The van der Waals surface area contributed by atoms with Crippen molar-refractivity contribution < 1.29 is 17.2 Å². The van der Waals surface area contributed by atoms with Crippen LogP contribution in [0.5, 0.6) is 0 Å². The van der Waals surface area contributed by atoms with Crippen LogP contribution in [-0.4, -0.2) is 25.9 Å². The highest BCUT2D eigenvalue weighted by Gasteiger charge is 2.05. The van der Waals surface area contributed by atoms with Crippen molar-refractivity contribution in [1.29, 1.82) is 0 Å². The first-order valence-electron chi connectivity index (χ1n) is 1.79. The molecule has 0 spiro atoms. The SMILES string of the molecule is O=S(=O)(CCO)OS. The van der Waals surface area contributed by atoms with E-state index in [9.17, 15) is 8.42 Å². The topological polar surface area (TPSA) is 63.6 Å². The predicted molar refractivity (Wildman–Crippen MR) is 30.9 cm³/mol. The van der Waals surface area contributed by atoms with E-state index in [0.717, 1.165) is 0 Å². The molecule has 0 saturated heterocycles. The molecular weight excluding hydrogens is 152 g/mol. The number of rotatable bonds is 3. The highest BCUT2D eigenvalue weighted by molar-refractivity contribution is 7.95. The van der Waals surface area contributed by atoms with E-state index >= 15 is 0 Å². The Hall–Kier alpha value is 0.220. The first-order chi connectivity index (χ1) is 3.62. The van der Waals surface area contributed by atoms with Gasteiger partial charge in [0, 0.05) is 0 Å². The molecular formula is C2H6O4S2. The van der Waals surface area contributed by atoms with Gasteiger partial charge in [0.1, 0.15) is 0 Å². The summed E-state index contributed by atoms with van der Waals surface area (Å²) >= 11 is 3.04. The van der Waals surface area contributed by atoms with Crippen molar-refractivity contribution in [3.05, 3.63) is 0 Å². The third kappa shape index (κ3) is 3.25. The number of hydrogen-bond donors (Lipinski definition) is 2. The summed E-state index contributed by atoms with van der Waals surface area (Å²) in [6.07, 6.45) is 0. The van der Waals surface area contributed by atoms with Gasteiger partial charge in [-0.2, -0.15) is 8.42 Å². The highest BCUT2D eigenvalue weighted by Crippen LogP contribution is 1.93. The van der Waals surface area contributed by atoms with Crippen LogP contribution < -0.4 is 0 Å². The fourth-order valence-corrected chi connectivity index (χ4v) is 0.671. The minimum absolute atomic E-state index is 0.406. The number of aliphatic hydroxyl groups is 1. The zero-order valence-electron chi connectivity index (χ0n) is 3.94. The van der Waals surface area contributed by atoms with Crippen LogP contribution >= 0.6 is 12.9 Å². The lowest BCUT2D eigenvalue weighted by Gasteiger charge is -1.92. The van der Waals surface area contributed by atoms with E-state index in [-0.39, 0.29) is 0 Å². The molecule has 1 N–H and O–H groups in total. The summed E-state index contributed by atoms with van der Waals surface area (Å²) in [5, 5.41) is 8.04. The van der Waals surface area contributed by atoms with Crippen LogP contribution in [0.25, 0.3) is 0 Å². The Bertz CT molecular complexity index is 136. The average molecular weight is 158 g/mol. The van der Waals surface area contributed by atoms with Gasteiger partial charge in [0.2, 0.25) is 0 Å². The largest absolute Gasteiger partial charge is 0.395 e. The van der Waals surface area contributed by atoms with Crippen LogP contribution in [0, 0.1) is 0 Å². The lowest BCUT2D eigenvalue weighted by molar-refractivity contribution is 0.317. The van der Waals surface area contributed by atoms with Gasteiger partial charge >= 0.3 is 0 Å². The van der Waals surface area contributed by atoms with Crippen molar-refractivity contribution >= 4 is 23.0 Å². The van der Waals surface area contributed by atoms with Crippen LogP contribution in [-0.2, 0) is 13.7 Å². The van der Waals surface area contributed by atoms with Gasteiger partial charge < -0.3 is 5.11 Å². The van der Waals surface area contributed by atoms with Crippen LogP contribution in [0.1, 0.15) is 0 Å². The molecule has 0 aliphatic rings. The molecule has 0 unspecified atom stereocenters. The number of aliphatic hydroxyl groups excluding tert-OH is 1. The van der Waals surface area contributed by atoms with E-state index in [4.69, 9.17) is 5.11 Å². The third-order valence-electron chi connectivity index (χ3n) is 0.455. The van der Waals surface area contributed by atoms with Crippen LogP contribution in [0.3, 0.4) is 0 Å². The quantitative estimate of drug-likeness (QED) is 0.415. The molecule has 0 aliphatic carbocycles. The molecule has 50 valence electrons. The first kappa shape index (κ1) is 8.22. The Labute approximate surface area is 53.2 Å². The van der Waals surface area contributed by atoms with Gasteiger partial charge in [-0.25, -0.2) is 3.63 Å². The summed E-state index contributed by atoms with van der Waals surface area (Å²) < 4.78 is 24.0. The molecule has 0 bridgehead atoms. The molecule has 0 fully saturated rings. The first-order valence-corrected chi connectivity index (χ1v) is 3.73. The fourth-order valence-electron chi connectivity index (χ4n) is 0.149. The fraction of sp³-hybridized carbons (Fsp3) is 1.00. The molecule has 0 saturated carbocycles. The van der Waals surface area contributed by atoms with Gasteiger partial charge in [0.05, 0.1) is 12.4 Å². The molecule has 0 radical (unpaired) electrons. The van der Waals surface area contributed by atoms with Crippen LogP contribution in [0.4, 0.5) is 0 Å². The molecule has 0 amide bonds. The smallest absolute Gasteiger partial charge is 0.280 e. The number of thiol groups is 1. The van der Waals surface area contributed by atoms with Crippen molar-refractivity contribution in [3.8, 4) is 0 Å². The van der Waals surface area contributed by atoms with Gasteiger partial charge in [-0.3, -0.25) is 0 Å². The molecule has 4 nitrogen and oxygen atoms in total. The normalized spacial score (nSPS) is 11.8. The molecule has 0 aromatic carbocycles. The zero-order chi connectivity index (χ0) is 6.62. The van der Waals surface area contributed by atoms with Crippen molar-refractivity contribution in [2.45, 2.75) is 0 Å². The Morgan fingerprint density at radius 1 is 1.62 bits per heavy atom. The van der Waals surface area contributed by atoms with E-state index < -0.39 is 22.5 Å². The molecule has 8 heavy (non-hydrogen) atoms. The zero-order valence-corrected chi connectivity index (χ0v) is 5.65. The summed E-state index contributed by atoms with van der Waals surface area (Å²) in [4.78, 5) is 0. The Morgan fingerprint density at radius 3 is 2.25 bits per heavy atom. The van der Waals surface area contributed by atoms with E-state index in [0.29, 0.717) is 0 Å². The predicted octanol–water partition coefficient (Wildman–Crippen LogP) is -0.830. The van der Waals surface area contributed by atoms with Gasteiger partial charge in [0.25, 0.3) is 10.1 Å². The summed E-state index contributed by atoms with van der Waals surface area (Å²) in [6.45, 7) is -0.442. The van der Waals surface area contributed by atoms with Gasteiger partial charge in [-0.15, -0.1) is 0 Å². The van der Waals surface area contributed by atoms with Crippen molar-refractivity contribution in [2.75, 3.05) is 12.4 Å². The molecule has 0 atom stereocenters. The van der Waals surface area contributed by atoms with Crippen LogP contribution in [0.2, 0.25) is 0 Å². The van der Waals surface area contributed by atoms with E-state index in [1.807, 2.05) is 0 Å². The van der Waals surface area contributed by atoms with E-state index in [1.165, 1.54) is 0 Å². The van der Waals surface area contributed by atoms with Gasteiger partial charge in [0.15, 0.2) is 0 Å². The monoisotopic (exact) mass is 158 g/mol. The summed E-state index contributed by atoms with van der Waals surface area (Å²) in [6, 6.07) is 0. The maximum atomic E-state index is 10.1. The molecule has 0 heterocycles. The molecule has 0 aromatic rings. The van der Waals surface area contributed by atoms with Gasteiger partial charge in [-0.05, 0) is 12.9 Å². The average Bonchev–Trinajstić information content (AvgIpc) is 1.67. The second kappa shape index (κ2) is 3.29. The second-order valence-corrected chi connectivity index (χ2v) is 3.18. The highest BCUT2D eigenvalue weighted by atomic mass is 32.3. The lowest BCUT2D eigenvalue weighted by atomic mass is 10.9.